The Hall–Kier alpha value is -2.96. The molecule has 1 amide bonds. The lowest BCUT2D eigenvalue weighted by Gasteiger charge is -2.15. The van der Waals surface area contributed by atoms with Crippen LogP contribution in [0.15, 0.2) is 41.2 Å². The Labute approximate surface area is 151 Å². The van der Waals surface area contributed by atoms with Gasteiger partial charge < -0.3 is 9.42 Å². The summed E-state index contributed by atoms with van der Waals surface area (Å²) in [5.74, 6) is 1.36. The predicted molar refractivity (Wildman–Crippen MR) is 95.1 cm³/mol. The topological polar surface area (TPSA) is 77.0 Å². The van der Waals surface area contributed by atoms with E-state index in [2.05, 4.69) is 15.2 Å². The van der Waals surface area contributed by atoms with Gasteiger partial charge in [-0.15, -0.1) is 0 Å². The van der Waals surface area contributed by atoms with Gasteiger partial charge in [0.15, 0.2) is 0 Å². The van der Waals surface area contributed by atoms with Crippen LogP contribution in [0.1, 0.15) is 36.8 Å². The molecule has 0 unspecified atom stereocenters. The van der Waals surface area contributed by atoms with Crippen LogP contribution < -0.4 is 0 Å². The third-order valence-corrected chi connectivity index (χ3v) is 4.56. The second-order valence-corrected chi connectivity index (χ2v) is 6.51. The molecule has 1 aliphatic heterocycles. The molecule has 0 bridgehead atoms. The number of aromatic nitrogens is 4. The highest BCUT2D eigenvalue weighted by Gasteiger charge is 2.20. The molecular formula is C19H21N5O2. The maximum absolute atomic E-state index is 11.8. The number of benzene rings is 1. The Bertz CT molecular complexity index is 914. The van der Waals surface area contributed by atoms with E-state index in [4.69, 9.17) is 4.52 Å². The van der Waals surface area contributed by atoms with Crippen molar-refractivity contribution in [3.8, 4) is 11.4 Å². The van der Waals surface area contributed by atoms with Crippen molar-refractivity contribution in [1.82, 2.24) is 24.8 Å². The van der Waals surface area contributed by atoms with Gasteiger partial charge in [-0.2, -0.15) is 10.1 Å². The van der Waals surface area contributed by atoms with Crippen molar-refractivity contribution in [2.75, 3.05) is 6.54 Å². The lowest BCUT2D eigenvalue weighted by molar-refractivity contribution is -0.128. The fourth-order valence-electron chi connectivity index (χ4n) is 3.19. The van der Waals surface area contributed by atoms with Crippen molar-refractivity contribution in [2.45, 2.75) is 39.3 Å². The van der Waals surface area contributed by atoms with E-state index in [1.54, 1.807) is 0 Å². The van der Waals surface area contributed by atoms with Gasteiger partial charge in [-0.25, -0.2) is 0 Å². The zero-order valence-corrected chi connectivity index (χ0v) is 14.8. The molecule has 0 saturated carbocycles. The van der Waals surface area contributed by atoms with Crippen molar-refractivity contribution in [3.63, 3.8) is 0 Å². The number of carbonyl (C=O) groups is 1. The van der Waals surface area contributed by atoms with Gasteiger partial charge in [0.05, 0.1) is 12.6 Å². The molecule has 1 fully saturated rings. The molecule has 134 valence electrons. The van der Waals surface area contributed by atoms with Gasteiger partial charge in [0.25, 0.3) is 0 Å². The van der Waals surface area contributed by atoms with Gasteiger partial charge in [-0.3, -0.25) is 9.48 Å². The number of nitrogens with zero attached hydrogens (tertiary/aromatic N) is 5. The minimum absolute atomic E-state index is 0.227. The van der Waals surface area contributed by atoms with E-state index >= 15 is 0 Å². The average molecular weight is 351 g/mol. The van der Waals surface area contributed by atoms with Crippen LogP contribution in [0.5, 0.6) is 0 Å². The summed E-state index contributed by atoms with van der Waals surface area (Å²) in [5.41, 5.74) is 3.02. The standard InChI is InChI=1S/C19H21N5O2/c1-2-24-13-15(11-20-24)10-17-21-19(22-26-17)16-6-3-5-14(9-16)12-23-8-4-7-18(23)25/h3,5-6,9,11,13H,2,4,7-8,10,12H2,1H3. The Morgan fingerprint density at radius 1 is 1.27 bits per heavy atom. The van der Waals surface area contributed by atoms with Gasteiger partial charge in [-0.05, 0) is 30.5 Å². The first-order chi connectivity index (χ1) is 12.7. The minimum atomic E-state index is 0.227. The minimum Gasteiger partial charge on any atom is -0.339 e. The normalized spacial score (nSPS) is 14.3. The van der Waals surface area contributed by atoms with Gasteiger partial charge in [-0.1, -0.05) is 23.4 Å². The number of rotatable bonds is 6. The molecule has 0 radical (unpaired) electrons. The van der Waals surface area contributed by atoms with Crippen LogP contribution in [-0.4, -0.2) is 37.3 Å². The highest BCUT2D eigenvalue weighted by atomic mass is 16.5. The fourth-order valence-corrected chi connectivity index (χ4v) is 3.19. The first-order valence-electron chi connectivity index (χ1n) is 8.92. The van der Waals surface area contributed by atoms with E-state index in [-0.39, 0.29) is 5.91 Å². The molecule has 4 rings (SSSR count). The van der Waals surface area contributed by atoms with E-state index < -0.39 is 0 Å². The molecular weight excluding hydrogens is 330 g/mol. The van der Waals surface area contributed by atoms with Crippen molar-refractivity contribution in [2.24, 2.45) is 0 Å². The quantitative estimate of drug-likeness (QED) is 0.682. The predicted octanol–water partition coefficient (Wildman–Crippen LogP) is 2.67. The van der Waals surface area contributed by atoms with E-state index in [0.29, 0.717) is 31.1 Å². The molecule has 3 heterocycles. The zero-order valence-electron chi connectivity index (χ0n) is 14.8. The Morgan fingerprint density at radius 3 is 2.96 bits per heavy atom. The maximum atomic E-state index is 11.8. The molecule has 1 saturated heterocycles. The maximum Gasteiger partial charge on any atom is 0.231 e. The summed E-state index contributed by atoms with van der Waals surface area (Å²) in [6.45, 7) is 4.35. The summed E-state index contributed by atoms with van der Waals surface area (Å²) < 4.78 is 7.26. The number of carbonyl (C=O) groups excluding carboxylic acids is 1. The second kappa shape index (κ2) is 7.11. The molecule has 7 heteroatoms. The first kappa shape index (κ1) is 16.5. The van der Waals surface area contributed by atoms with Crippen LogP contribution in [0.2, 0.25) is 0 Å². The third-order valence-electron chi connectivity index (χ3n) is 4.56. The largest absolute Gasteiger partial charge is 0.339 e. The summed E-state index contributed by atoms with van der Waals surface area (Å²) in [7, 11) is 0. The molecule has 26 heavy (non-hydrogen) atoms. The molecule has 1 aliphatic rings. The fraction of sp³-hybridized carbons (Fsp3) is 0.368. The Kier molecular flexibility index (Phi) is 4.51. The van der Waals surface area contributed by atoms with Crippen molar-refractivity contribution >= 4 is 5.91 Å². The number of aryl methyl sites for hydroxylation is 1. The van der Waals surface area contributed by atoms with Crippen LogP contribution in [0, 0.1) is 0 Å². The van der Waals surface area contributed by atoms with Crippen LogP contribution >= 0.6 is 0 Å². The van der Waals surface area contributed by atoms with Gasteiger partial charge in [0.1, 0.15) is 0 Å². The van der Waals surface area contributed by atoms with E-state index in [1.165, 1.54) is 0 Å². The smallest absolute Gasteiger partial charge is 0.231 e. The molecule has 2 aromatic heterocycles. The van der Waals surface area contributed by atoms with Gasteiger partial charge >= 0.3 is 0 Å². The molecule has 7 nitrogen and oxygen atoms in total. The van der Waals surface area contributed by atoms with Crippen LogP contribution in [0.4, 0.5) is 0 Å². The number of hydrogen-bond donors (Lipinski definition) is 0. The lowest BCUT2D eigenvalue weighted by atomic mass is 10.1. The van der Waals surface area contributed by atoms with Crippen molar-refractivity contribution in [3.05, 3.63) is 53.7 Å². The molecule has 1 aromatic carbocycles. The second-order valence-electron chi connectivity index (χ2n) is 6.51. The average Bonchev–Trinajstić information content (AvgIpc) is 3.38. The van der Waals surface area contributed by atoms with Gasteiger partial charge in [0, 0.05) is 37.8 Å². The van der Waals surface area contributed by atoms with E-state index in [0.717, 1.165) is 36.2 Å². The molecule has 0 atom stereocenters. The highest BCUT2D eigenvalue weighted by molar-refractivity contribution is 5.78. The Morgan fingerprint density at radius 2 is 2.19 bits per heavy atom. The first-order valence-corrected chi connectivity index (χ1v) is 8.92. The summed E-state index contributed by atoms with van der Waals surface area (Å²) in [6, 6.07) is 7.97. The number of likely N-dealkylation sites (tertiary alicyclic amines) is 1. The third kappa shape index (κ3) is 3.51. The van der Waals surface area contributed by atoms with Crippen molar-refractivity contribution < 1.29 is 9.32 Å². The van der Waals surface area contributed by atoms with Crippen LogP contribution in [0.25, 0.3) is 11.4 Å². The highest BCUT2D eigenvalue weighted by Crippen LogP contribution is 2.21. The summed E-state index contributed by atoms with van der Waals surface area (Å²) in [4.78, 5) is 18.2. The molecule has 0 N–H and O–H groups in total. The monoisotopic (exact) mass is 351 g/mol. The number of hydrogen-bond acceptors (Lipinski definition) is 5. The van der Waals surface area contributed by atoms with Crippen LogP contribution in [0.3, 0.4) is 0 Å². The summed E-state index contributed by atoms with van der Waals surface area (Å²) in [5, 5.41) is 8.36. The Balaban J connectivity index is 1.48. The van der Waals surface area contributed by atoms with Crippen molar-refractivity contribution in [1.29, 1.82) is 0 Å². The number of amides is 1. The summed E-state index contributed by atoms with van der Waals surface area (Å²) >= 11 is 0. The lowest BCUT2D eigenvalue weighted by Crippen LogP contribution is -2.23. The summed E-state index contributed by atoms with van der Waals surface area (Å²) in [6.07, 6.45) is 5.97. The molecule has 3 aromatic rings. The van der Waals surface area contributed by atoms with E-state index in [9.17, 15) is 4.79 Å². The molecule has 0 spiro atoms. The molecule has 0 aliphatic carbocycles. The van der Waals surface area contributed by atoms with Gasteiger partial charge in [0.2, 0.25) is 17.6 Å². The zero-order chi connectivity index (χ0) is 17.9. The van der Waals surface area contributed by atoms with Crippen LogP contribution in [-0.2, 0) is 24.3 Å². The SMILES string of the molecule is CCn1cc(Cc2nc(-c3cccc(CN4CCCC4=O)c3)no2)cn1. The van der Waals surface area contributed by atoms with E-state index in [1.807, 2.05) is 53.2 Å².